The van der Waals surface area contributed by atoms with Crippen LogP contribution in [0.15, 0.2) is 77.7 Å². The van der Waals surface area contributed by atoms with Gasteiger partial charge < -0.3 is 5.11 Å². The van der Waals surface area contributed by atoms with E-state index in [0.717, 1.165) is 22.3 Å². The molecule has 0 spiro atoms. The Morgan fingerprint density at radius 1 is 0.935 bits per heavy atom. The Morgan fingerprint density at radius 3 is 2.03 bits per heavy atom. The molecule has 0 saturated heterocycles. The van der Waals surface area contributed by atoms with Crippen molar-refractivity contribution in [1.29, 1.82) is 0 Å². The van der Waals surface area contributed by atoms with Gasteiger partial charge in [-0.15, -0.1) is 0 Å². The quantitative estimate of drug-likeness (QED) is 0.467. The maximum absolute atomic E-state index is 13.0. The molecule has 0 bridgehead atoms. The second kappa shape index (κ2) is 10.1. The monoisotopic (exact) mass is 457 g/mol. The van der Waals surface area contributed by atoms with Crippen LogP contribution >= 0.6 is 11.6 Å². The van der Waals surface area contributed by atoms with E-state index in [1.54, 1.807) is 12.1 Å². The zero-order chi connectivity index (χ0) is 22.4. The fourth-order valence-corrected chi connectivity index (χ4v) is 4.58. The summed E-state index contributed by atoms with van der Waals surface area (Å²) in [5.41, 5.74) is 3.70. The minimum Gasteiger partial charge on any atom is -0.481 e. The van der Waals surface area contributed by atoms with Gasteiger partial charge in [0.25, 0.3) is 0 Å². The largest absolute Gasteiger partial charge is 0.481 e. The first kappa shape index (κ1) is 23.0. The van der Waals surface area contributed by atoms with Crippen molar-refractivity contribution in [1.82, 2.24) is 4.72 Å². The SMILES string of the molecule is Cc1ccc(C(NS(=O)(=O)c2ccc(Cl)cc2)c2ccc(CCCC(=O)O)cc2)cc1. The van der Waals surface area contributed by atoms with Crippen LogP contribution < -0.4 is 4.72 Å². The van der Waals surface area contributed by atoms with Crippen molar-refractivity contribution in [2.75, 3.05) is 0 Å². The highest BCUT2D eigenvalue weighted by atomic mass is 35.5. The molecule has 0 aromatic heterocycles. The Bertz CT molecular complexity index is 1130. The van der Waals surface area contributed by atoms with Gasteiger partial charge in [-0.05, 0) is 60.7 Å². The van der Waals surface area contributed by atoms with Crippen molar-refractivity contribution in [2.45, 2.75) is 37.1 Å². The van der Waals surface area contributed by atoms with Crippen LogP contribution in [0.25, 0.3) is 0 Å². The Morgan fingerprint density at radius 2 is 1.48 bits per heavy atom. The third-order valence-electron chi connectivity index (χ3n) is 4.98. The molecule has 2 N–H and O–H groups in total. The number of carbonyl (C=O) groups is 1. The van der Waals surface area contributed by atoms with E-state index in [0.29, 0.717) is 17.9 Å². The molecule has 31 heavy (non-hydrogen) atoms. The van der Waals surface area contributed by atoms with E-state index in [-0.39, 0.29) is 11.3 Å². The first-order chi connectivity index (χ1) is 14.7. The fraction of sp³-hybridized carbons (Fsp3) is 0.208. The molecule has 0 heterocycles. The molecule has 0 amide bonds. The highest BCUT2D eigenvalue weighted by Crippen LogP contribution is 2.26. The molecule has 0 aliphatic heterocycles. The van der Waals surface area contributed by atoms with E-state index in [2.05, 4.69) is 4.72 Å². The zero-order valence-corrected chi connectivity index (χ0v) is 18.7. The first-order valence-electron chi connectivity index (χ1n) is 9.90. The first-order valence-corrected chi connectivity index (χ1v) is 11.8. The van der Waals surface area contributed by atoms with Gasteiger partial charge in [-0.3, -0.25) is 4.79 Å². The number of halogens is 1. The molecule has 3 rings (SSSR count). The van der Waals surface area contributed by atoms with Gasteiger partial charge in [-0.25, -0.2) is 8.42 Å². The lowest BCUT2D eigenvalue weighted by atomic mass is 9.97. The molecule has 0 aliphatic rings. The number of sulfonamides is 1. The van der Waals surface area contributed by atoms with Crippen LogP contribution in [-0.4, -0.2) is 19.5 Å². The van der Waals surface area contributed by atoms with Gasteiger partial charge in [0, 0.05) is 11.4 Å². The Kier molecular flexibility index (Phi) is 7.49. The number of aryl methyl sites for hydroxylation is 2. The number of carboxylic acid groups (broad SMARTS) is 1. The van der Waals surface area contributed by atoms with E-state index < -0.39 is 22.0 Å². The minimum absolute atomic E-state index is 0.120. The van der Waals surface area contributed by atoms with Gasteiger partial charge in [0.1, 0.15) is 0 Å². The Labute approximate surface area is 187 Å². The molecule has 3 aromatic carbocycles. The van der Waals surface area contributed by atoms with E-state index in [4.69, 9.17) is 16.7 Å². The van der Waals surface area contributed by atoms with Crippen molar-refractivity contribution >= 4 is 27.6 Å². The topological polar surface area (TPSA) is 83.5 Å². The average molecular weight is 458 g/mol. The molecular formula is C24H24ClNO4S. The van der Waals surface area contributed by atoms with Gasteiger partial charge in [-0.1, -0.05) is 65.7 Å². The summed E-state index contributed by atoms with van der Waals surface area (Å²) in [7, 11) is -3.79. The molecule has 162 valence electrons. The second-order valence-corrected chi connectivity index (χ2v) is 9.56. The van der Waals surface area contributed by atoms with Crippen molar-refractivity contribution < 1.29 is 18.3 Å². The molecule has 0 aliphatic carbocycles. The number of hydrogen-bond donors (Lipinski definition) is 2. The smallest absolute Gasteiger partial charge is 0.303 e. The fourth-order valence-electron chi connectivity index (χ4n) is 3.24. The number of rotatable bonds is 9. The van der Waals surface area contributed by atoms with Crippen molar-refractivity contribution in [3.05, 3.63) is 100 Å². The summed E-state index contributed by atoms with van der Waals surface area (Å²) in [6, 6.07) is 20.8. The summed E-state index contributed by atoms with van der Waals surface area (Å²) < 4.78 is 28.9. The maximum Gasteiger partial charge on any atom is 0.303 e. The number of aliphatic carboxylic acids is 1. The lowest BCUT2D eigenvalue weighted by Crippen LogP contribution is -2.29. The van der Waals surface area contributed by atoms with Crippen LogP contribution in [0.3, 0.4) is 0 Å². The predicted octanol–water partition coefficient (Wildman–Crippen LogP) is 5.12. The van der Waals surface area contributed by atoms with Crippen molar-refractivity contribution in [3.63, 3.8) is 0 Å². The summed E-state index contributed by atoms with van der Waals surface area (Å²) >= 11 is 5.89. The lowest BCUT2D eigenvalue weighted by molar-refractivity contribution is -0.137. The summed E-state index contributed by atoms with van der Waals surface area (Å²) in [6.07, 6.45) is 1.33. The van der Waals surface area contributed by atoms with Crippen LogP contribution in [-0.2, 0) is 21.2 Å². The van der Waals surface area contributed by atoms with Crippen molar-refractivity contribution in [2.24, 2.45) is 0 Å². The molecule has 7 heteroatoms. The van der Waals surface area contributed by atoms with E-state index in [1.165, 1.54) is 12.1 Å². The van der Waals surface area contributed by atoms with E-state index in [9.17, 15) is 13.2 Å². The average Bonchev–Trinajstić information content (AvgIpc) is 2.73. The molecule has 1 atom stereocenters. The predicted molar refractivity (Wildman–Crippen MR) is 122 cm³/mol. The van der Waals surface area contributed by atoms with E-state index >= 15 is 0 Å². The third kappa shape index (κ3) is 6.40. The second-order valence-electron chi connectivity index (χ2n) is 7.41. The lowest BCUT2D eigenvalue weighted by Gasteiger charge is -2.20. The maximum atomic E-state index is 13.0. The Hall–Kier alpha value is -2.67. The summed E-state index contributed by atoms with van der Waals surface area (Å²) in [5, 5.41) is 9.26. The van der Waals surface area contributed by atoms with Crippen LogP contribution in [0, 0.1) is 6.92 Å². The van der Waals surface area contributed by atoms with Crippen LogP contribution in [0.5, 0.6) is 0 Å². The van der Waals surface area contributed by atoms with E-state index in [1.807, 2.05) is 55.5 Å². The summed E-state index contributed by atoms with van der Waals surface area (Å²) in [4.78, 5) is 10.8. The molecule has 3 aromatic rings. The highest BCUT2D eigenvalue weighted by molar-refractivity contribution is 7.89. The Balaban J connectivity index is 1.89. The number of hydrogen-bond acceptors (Lipinski definition) is 3. The van der Waals surface area contributed by atoms with Crippen molar-refractivity contribution in [3.8, 4) is 0 Å². The number of benzene rings is 3. The number of carboxylic acids is 1. The van der Waals surface area contributed by atoms with Gasteiger partial charge in [0.2, 0.25) is 10.0 Å². The summed E-state index contributed by atoms with van der Waals surface area (Å²) in [5.74, 6) is -0.812. The summed E-state index contributed by atoms with van der Waals surface area (Å²) in [6.45, 7) is 1.97. The molecule has 1 unspecified atom stereocenters. The van der Waals surface area contributed by atoms with Crippen LogP contribution in [0.2, 0.25) is 5.02 Å². The van der Waals surface area contributed by atoms with Gasteiger partial charge in [0.15, 0.2) is 0 Å². The van der Waals surface area contributed by atoms with Gasteiger partial charge in [0.05, 0.1) is 10.9 Å². The molecule has 0 fully saturated rings. The zero-order valence-electron chi connectivity index (χ0n) is 17.1. The van der Waals surface area contributed by atoms with Gasteiger partial charge in [-0.2, -0.15) is 4.72 Å². The molecular weight excluding hydrogens is 434 g/mol. The highest BCUT2D eigenvalue weighted by Gasteiger charge is 2.23. The van der Waals surface area contributed by atoms with Gasteiger partial charge >= 0.3 is 5.97 Å². The number of nitrogens with one attached hydrogen (secondary N) is 1. The third-order valence-corrected chi connectivity index (χ3v) is 6.67. The molecule has 0 radical (unpaired) electrons. The molecule has 5 nitrogen and oxygen atoms in total. The normalized spacial score (nSPS) is 12.5. The molecule has 0 saturated carbocycles. The minimum atomic E-state index is -3.79. The van der Waals surface area contributed by atoms with Crippen LogP contribution in [0.4, 0.5) is 0 Å². The van der Waals surface area contributed by atoms with Crippen LogP contribution in [0.1, 0.15) is 41.1 Å². The standard InChI is InChI=1S/C24H24ClNO4S/c1-17-5-9-19(10-6-17)24(26-31(29,30)22-15-13-21(25)14-16-22)20-11-7-18(8-12-20)3-2-4-23(27)28/h5-16,24,26H,2-4H2,1H3,(H,27,28).